The molecule has 0 spiro atoms. The first-order chi connectivity index (χ1) is 11.8. The summed E-state index contributed by atoms with van der Waals surface area (Å²) in [7, 11) is 0. The summed E-state index contributed by atoms with van der Waals surface area (Å²) in [5, 5.41) is 3.53. The third kappa shape index (κ3) is 2.11. The Bertz CT molecular complexity index is 787. The number of aromatic nitrogens is 2. The van der Waals surface area contributed by atoms with Gasteiger partial charge in [-0.25, -0.2) is 4.98 Å². The number of benzene rings is 1. The van der Waals surface area contributed by atoms with E-state index in [4.69, 9.17) is 10.7 Å². The van der Waals surface area contributed by atoms with Crippen molar-refractivity contribution < 1.29 is 0 Å². The Labute approximate surface area is 142 Å². The molecule has 2 saturated heterocycles. The molecule has 0 bridgehead atoms. The molecule has 0 saturated carbocycles. The minimum atomic E-state index is 0.398. The average molecular weight is 321 g/mol. The van der Waals surface area contributed by atoms with E-state index in [-0.39, 0.29) is 0 Å². The van der Waals surface area contributed by atoms with Gasteiger partial charge in [-0.1, -0.05) is 24.3 Å². The van der Waals surface area contributed by atoms with E-state index in [1.54, 1.807) is 0 Å². The molecule has 2 aliphatic heterocycles. The molecule has 5 heteroatoms. The number of rotatable bonds is 1. The van der Waals surface area contributed by atoms with Crippen molar-refractivity contribution in [1.82, 2.24) is 15.3 Å². The molecule has 2 fully saturated rings. The number of nitrogens with two attached hydrogens (primary N) is 1. The van der Waals surface area contributed by atoms with Crippen LogP contribution < -0.4 is 16.0 Å². The van der Waals surface area contributed by atoms with Gasteiger partial charge in [0.25, 0.3) is 0 Å². The van der Waals surface area contributed by atoms with Crippen molar-refractivity contribution in [2.75, 3.05) is 30.3 Å². The van der Waals surface area contributed by atoms with Crippen LogP contribution in [-0.4, -0.2) is 35.6 Å². The van der Waals surface area contributed by atoms with Crippen LogP contribution in [0.1, 0.15) is 24.0 Å². The average Bonchev–Trinajstić information content (AvgIpc) is 3.15. The van der Waals surface area contributed by atoms with Gasteiger partial charge in [-0.05, 0) is 37.2 Å². The van der Waals surface area contributed by atoms with E-state index in [1.807, 2.05) is 0 Å². The largest absolute Gasteiger partial charge is 0.368 e. The lowest BCUT2D eigenvalue weighted by Crippen LogP contribution is -2.35. The summed E-state index contributed by atoms with van der Waals surface area (Å²) in [6, 6.07) is 9.17. The third-order valence-corrected chi connectivity index (χ3v) is 5.87. The van der Waals surface area contributed by atoms with Crippen molar-refractivity contribution in [2.45, 2.75) is 31.7 Å². The molecule has 1 aromatic carbocycles. The molecule has 0 radical (unpaired) electrons. The van der Waals surface area contributed by atoms with E-state index >= 15 is 0 Å². The molecule has 5 nitrogen and oxygen atoms in total. The maximum atomic E-state index is 6.13. The van der Waals surface area contributed by atoms with Gasteiger partial charge < -0.3 is 16.0 Å². The number of aryl methyl sites for hydroxylation is 1. The zero-order valence-corrected chi connectivity index (χ0v) is 13.8. The van der Waals surface area contributed by atoms with Gasteiger partial charge in [0.05, 0.1) is 5.69 Å². The fraction of sp³-hybridized carbons (Fsp3) is 0.474. The summed E-state index contributed by atoms with van der Waals surface area (Å²) in [5.74, 6) is 2.23. The molecule has 3 aliphatic rings. The van der Waals surface area contributed by atoms with E-state index in [1.165, 1.54) is 23.1 Å². The maximum absolute atomic E-state index is 6.13. The Morgan fingerprint density at radius 1 is 1.12 bits per heavy atom. The monoisotopic (exact) mass is 321 g/mol. The highest BCUT2D eigenvalue weighted by Crippen LogP contribution is 2.39. The summed E-state index contributed by atoms with van der Waals surface area (Å²) < 4.78 is 0. The van der Waals surface area contributed by atoms with Gasteiger partial charge in [-0.15, -0.1) is 0 Å². The van der Waals surface area contributed by atoms with E-state index < -0.39 is 0 Å². The van der Waals surface area contributed by atoms with Gasteiger partial charge in [-0.3, -0.25) is 0 Å². The number of fused-ring (bicyclic) bond motifs is 4. The molecule has 3 N–H and O–H groups in total. The molecule has 2 atom stereocenters. The first-order valence-electron chi connectivity index (χ1n) is 9.03. The van der Waals surface area contributed by atoms with Crippen LogP contribution in [0.2, 0.25) is 0 Å². The van der Waals surface area contributed by atoms with Crippen LogP contribution >= 0.6 is 0 Å². The SMILES string of the molecule is Nc1nc2c(c(N3CC[C@@H]4CNC[C@@H]43)n1)CCCc1ccccc1-2. The molecule has 0 unspecified atom stereocenters. The van der Waals surface area contributed by atoms with Crippen molar-refractivity contribution in [3.8, 4) is 11.3 Å². The topological polar surface area (TPSA) is 67.1 Å². The highest BCUT2D eigenvalue weighted by Gasteiger charge is 2.39. The normalized spacial score (nSPS) is 25.1. The zero-order valence-electron chi connectivity index (χ0n) is 13.8. The third-order valence-electron chi connectivity index (χ3n) is 5.87. The molecule has 124 valence electrons. The molecule has 1 aliphatic carbocycles. The predicted molar refractivity (Wildman–Crippen MR) is 96.0 cm³/mol. The lowest BCUT2D eigenvalue weighted by atomic mass is 10.0. The van der Waals surface area contributed by atoms with Crippen molar-refractivity contribution in [3.63, 3.8) is 0 Å². The van der Waals surface area contributed by atoms with Crippen LogP contribution in [0.5, 0.6) is 0 Å². The molecule has 1 aromatic heterocycles. The number of nitrogens with one attached hydrogen (secondary N) is 1. The van der Waals surface area contributed by atoms with Crippen LogP contribution in [0.25, 0.3) is 11.3 Å². The first-order valence-corrected chi connectivity index (χ1v) is 9.03. The van der Waals surface area contributed by atoms with Crippen molar-refractivity contribution in [2.24, 2.45) is 5.92 Å². The first kappa shape index (κ1) is 14.2. The van der Waals surface area contributed by atoms with E-state index in [9.17, 15) is 0 Å². The van der Waals surface area contributed by atoms with Crippen LogP contribution in [0.15, 0.2) is 24.3 Å². The molecular formula is C19H23N5. The predicted octanol–water partition coefficient (Wildman–Crippen LogP) is 2.01. The molecule has 0 amide bonds. The summed E-state index contributed by atoms with van der Waals surface area (Å²) in [6.45, 7) is 3.27. The highest BCUT2D eigenvalue weighted by atomic mass is 15.3. The summed E-state index contributed by atoms with van der Waals surface area (Å²) in [5.41, 5.74) is 11.1. The molecule has 2 aromatic rings. The Kier molecular flexibility index (Phi) is 3.23. The minimum Gasteiger partial charge on any atom is -0.368 e. The van der Waals surface area contributed by atoms with Crippen LogP contribution in [0, 0.1) is 5.92 Å². The zero-order chi connectivity index (χ0) is 16.1. The van der Waals surface area contributed by atoms with Gasteiger partial charge in [-0.2, -0.15) is 4.98 Å². The molecular weight excluding hydrogens is 298 g/mol. The van der Waals surface area contributed by atoms with Gasteiger partial charge in [0.15, 0.2) is 0 Å². The lowest BCUT2D eigenvalue weighted by molar-refractivity contribution is 0.576. The van der Waals surface area contributed by atoms with Gasteiger partial charge in [0, 0.05) is 36.8 Å². The second-order valence-corrected chi connectivity index (χ2v) is 7.21. The number of nitrogens with zero attached hydrogens (tertiary/aromatic N) is 3. The summed E-state index contributed by atoms with van der Waals surface area (Å²) in [6.07, 6.45) is 4.51. The summed E-state index contributed by atoms with van der Waals surface area (Å²) in [4.78, 5) is 11.9. The fourth-order valence-electron chi connectivity index (χ4n) is 4.72. The van der Waals surface area contributed by atoms with E-state index in [0.29, 0.717) is 12.0 Å². The van der Waals surface area contributed by atoms with Crippen LogP contribution in [0.4, 0.5) is 11.8 Å². The van der Waals surface area contributed by atoms with Crippen molar-refractivity contribution >= 4 is 11.8 Å². The van der Waals surface area contributed by atoms with Crippen molar-refractivity contribution in [3.05, 3.63) is 35.4 Å². The second-order valence-electron chi connectivity index (χ2n) is 7.21. The second kappa shape index (κ2) is 5.45. The number of anilines is 2. The minimum absolute atomic E-state index is 0.398. The number of nitrogen functional groups attached to an aromatic ring is 1. The van der Waals surface area contributed by atoms with Gasteiger partial charge in [0.1, 0.15) is 5.82 Å². The van der Waals surface area contributed by atoms with Gasteiger partial charge >= 0.3 is 0 Å². The van der Waals surface area contributed by atoms with Crippen LogP contribution in [0.3, 0.4) is 0 Å². The molecule has 3 heterocycles. The molecule has 5 rings (SSSR count). The Balaban J connectivity index is 1.67. The van der Waals surface area contributed by atoms with E-state index in [0.717, 1.165) is 56.3 Å². The van der Waals surface area contributed by atoms with Crippen LogP contribution in [-0.2, 0) is 12.8 Å². The Morgan fingerprint density at radius 3 is 3.00 bits per heavy atom. The fourth-order valence-corrected chi connectivity index (χ4v) is 4.72. The smallest absolute Gasteiger partial charge is 0.222 e. The quantitative estimate of drug-likeness (QED) is 0.841. The maximum Gasteiger partial charge on any atom is 0.222 e. The highest BCUT2D eigenvalue weighted by molar-refractivity contribution is 5.74. The summed E-state index contributed by atoms with van der Waals surface area (Å²) >= 11 is 0. The Morgan fingerprint density at radius 2 is 2.04 bits per heavy atom. The van der Waals surface area contributed by atoms with Gasteiger partial charge in [0.2, 0.25) is 5.95 Å². The standard InChI is InChI=1S/C19H23N5/c20-19-22-17-14-6-2-1-4-12(14)5-3-7-15(17)18(23-19)24-9-8-13-10-21-11-16(13)24/h1-2,4,6,13,16,21H,3,5,7-11H2,(H2,20,22,23)/t13-,16+/m1/s1. The van der Waals surface area contributed by atoms with Crippen molar-refractivity contribution in [1.29, 1.82) is 0 Å². The molecule has 24 heavy (non-hydrogen) atoms. The number of hydrogen-bond donors (Lipinski definition) is 2. The number of hydrogen-bond acceptors (Lipinski definition) is 5. The lowest BCUT2D eigenvalue weighted by Gasteiger charge is -2.27. The van der Waals surface area contributed by atoms with E-state index in [2.05, 4.69) is 39.5 Å². The Hall–Kier alpha value is -2.14.